The Kier molecular flexibility index (Phi) is 7.67. The number of amides is 1. The lowest BCUT2D eigenvalue weighted by molar-refractivity contribution is -0.148. The zero-order chi connectivity index (χ0) is 23.2. The van der Waals surface area contributed by atoms with Crippen LogP contribution in [0.5, 0.6) is 0 Å². The van der Waals surface area contributed by atoms with Gasteiger partial charge in [-0.25, -0.2) is 0 Å². The number of rotatable bonds is 7. The Balaban J connectivity index is 1.47. The number of aromatic nitrogens is 3. The number of hydrogen-bond acceptors (Lipinski definition) is 6. The lowest BCUT2D eigenvalue weighted by atomic mass is 9.97. The minimum Gasteiger partial charge on any atom is -0.469 e. The topological polar surface area (TPSA) is 77.3 Å². The Labute approximate surface area is 202 Å². The maximum Gasteiger partial charge on any atom is 0.308 e. The van der Waals surface area contributed by atoms with Gasteiger partial charge in [0.15, 0.2) is 11.0 Å². The van der Waals surface area contributed by atoms with Crippen molar-refractivity contribution >= 4 is 35.2 Å². The summed E-state index contributed by atoms with van der Waals surface area (Å²) in [5, 5.41) is 10.1. The fraction of sp³-hybridized carbons (Fsp3) is 0.333. The summed E-state index contributed by atoms with van der Waals surface area (Å²) in [6, 6.07) is 17.6. The average molecular weight is 485 g/mol. The number of nitrogens with zero attached hydrogens (tertiary/aromatic N) is 4. The van der Waals surface area contributed by atoms with Crippen LogP contribution in [0.1, 0.15) is 18.4 Å². The molecule has 0 saturated carbocycles. The molecule has 0 radical (unpaired) electrons. The van der Waals surface area contributed by atoms with E-state index >= 15 is 0 Å². The molecule has 2 aromatic carbocycles. The molecule has 0 bridgehead atoms. The Hall–Kier alpha value is -2.84. The van der Waals surface area contributed by atoms with Gasteiger partial charge in [0.2, 0.25) is 5.91 Å². The van der Waals surface area contributed by atoms with E-state index in [-0.39, 0.29) is 23.5 Å². The number of piperidine rings is 1. The molecule has 9 heteroatoms. The quantitative estimate of drug-likeness (QED) is 0.370. The zero-order valence-corrected chi connectivity index (χ0v) is 19.9. The maximum atomic E-state index is 12.8. The van der Waals surface area contributed by atoms with Crippen LogP contribution in [0.25, 0.3) is 11.4 Å². The van der Waals surface area contributed by atoms with Gasteiger partial charge in [-0.05, 0) is 42.7 Å². The molecule has 1 aliphatic rings. The monoisotopic (exact) mass is 484 g/mol. The normalized spacial score (nSPS) is 14.3. The highest BCUT2D eigenvalue weighted by Gasteiger charge is 2.28. The van der Waals surface area contributed by atoms with Gasteiger partial charge >= 0.3 is 5.97 Å². The van der Waals surface area contributed by atoms with Crippen LogP contribution in [0.4, 0.5) is 0 Å². The second-order valence-electron chi connectivity index (χ2n) is 7.85. The third-order valence-electron chi connectivity index (χ3n) is 5.71. The second kappa shape index (κ2) is 10.9. The van der Waals surface area contributed by atoms with E-state index in [0.717, 1.165) is 17.0 Å². The summed E-state index contributed by atoms with van der Waals surface area (Å²) in [7, 11) is 1.40. The number of likely N-dealkylation sites (tertiary alicyclic amines) is 1. The molecule has 172 valence electrons. The first-order chi connectivity index (χ1) is 16.0. The highest BCUT2D eigenvalue weighted by Crippen LogP contribution is 2.27. The van der Waals surface area contributed by atoms with E-state index < -0.39 is 0 Å². The molecule has 1 amide bonds. The molecule has 4 rings (SSSR count). The van der Waals surface area contributed by atoms with Crippen molar-refractivity contribution in [2.75, 3.05) is 26.0 Å². The van der Waals surface area contributed by atoms with E-state index in [0.29, 0.717) is 42.7 Å². The molecule has 1 aromatic heterocycles. The average Bonchev–Trinajstić information content (AvgIpc) is 3.25. The van der Waals surface area contributed by atoms with E-state index in [2.05, 4.69) is 22.3 Å². The van der Waals surface area contributed by atoms with Crippen molar-refractivity contribution in [1.29, 1.82) is 0 Å². The van der Waals surface area contributed by atoms with Gasteiger partial charge < -0.3 is 9.64 Å². The molecule has 0 aliphatic carbocycles. The van der Waals surface area contributed by atoms with Crippen LogP contribution in [0.15, 0.2) is 59.8 Å². The largest absolute Gasteiger partial charge is 0.469 e. The molecular weight excluding hydrogens is 460 g/mol. The first kappa shape index (κ1) is 23.3. The van der Waals surface area contributed by atoms with Crippen LogP contribution in [-0.4, -0.2) is 57.5 Å². The number of carbonyl (C=O) groups excluding carboxylic acids is 2. The van der Waals surface area contributed by atoms with Crippen molar-refractivity contribution in [1.82, 2.24) is 19.7 Å². The van der Waals surface area contributed by atoms with Crippen molar-refractivity contribution in [3.8, 4) is 11.4 Å². The van der Waals surface area contributed by atoms with Gasteiger partial charge in [-0.2, -0.15) is 0 Å². The van der Waals surface area contributed by atoms with E-state index in [1.165, 1.54) is 18.9 Å². The minimum absolute atomic E-state index is 0.0330. The number of methoxy groups -OCH3 is 1. The first-order valence-electron chi connectivity index (χ1n) is 10.8. The summed E-state index contributed by atoms with van der Waals surface area (Å²) in [5.74, 6) is 0.703. The fourth-order valence-electron chi connectivity index (χ4n) is 3.87. The van der Waals surface area contributed by atoms with E-state index in [1.54, 1.807) is 0 Å². The van der Waals surface area contributed by atoms with Crippen LogP contribution >= 0.6 is 23.4 Å². The molecule has 7 nitrogen and oxygen atoms in total. The van der Waals surface area contributed by atoms with E-state index in [1.807, 2.05) is 51.9 Å². The fourth-order valence-corrected chi connectivity index (χ4v) is 4.83. The molecule has 0 unspecified atom stereocenters. The molecule has 0 spiro atoms. The number of hydrogen-bond donors (Lipinski definition) is 0. The number of carbonyl (C=O) groups is 2. The van der Waals surface area contributed by atoms with Gasteiger partial charge in [-0.3, -0.25) is 14.2 Å². The van der Waals surface area contributed by atoms with Crippen LogP contribution in [0.3, 0.4) is 0 Å². The van der Waals surface area contributed by atoms with Crippen LogP contribution < -0.4 is 0 Å². The van der Waals surface area contributed by atoms with Crippen molar-refractivity contribution in [2.45, 2.75) is 24.5 Å². The predicted octanol–water partition coefficient (Wildman–Crippen LogP) is 4.15. The molecule has 0 N–H and O–H groups in total. The number of thioether (sulfide) groups is 1. The predicted molar refractivity (Wildman–Crippen MR) is 128 cm³/mol. The maximum absolute atomic E-state index is 12.8. The van der Waals surface area contributed by atoms with Gasteiger partial charge in [0.1, 0.15) is 0 Å². The molecular formula is C24H25ClN4O3S. The SMILES string of the molecule is COC(=O)C1CCN(C(=O)CSc2nnc(-c3ccc(Cl)cc3)n2Cc2ccccc2)CC1. The van der Waals surface area contributed by atoms with E-state index in [4.69, 9.17) is 16.3 Å². The molecule has 3 aromatic rings. The Morgan fingerprint density at radius 2 is 1.76 bits per heavy atom. The highest BCUT2D eigenvalue weighted by atomic mass is 35.5. The Morgan fingerprint density at radius 3 is 2.42 bits per heavy atom. The molecule has 2 heterocycles. The van der Waals surface area contributed by atoms with Crippen molar-refractivity contribution < 1.29 is 14.3 Å². The second-order valence-corrected chi connectivity index (χ2v) is 9.23. The van der Waals surface area contributed by atoms with Gasteiger partial charge in [-0.1, -0.05) is 53.7 Å². The van der Waals surface area contributed by atoms with Crippen molar-refractivity contribution in [3.05, 3.63) is 65.2 Å². The summed E-state index contributed by atoms with van der Waals surface area (Å²) in [5.41, 5.74) is 2.02. The zero-order valence-electron chi connectivity index (χ0n) is 18.3. The van der Waals surface area contributed by atoms with Crippen molar-refractivity contribution in [2.24, 2.45) is 5.92 Å². The smallest absolute Gasteiger partial charge is 0.308 e. The molecule has 1 fully saturated rings. The molecule has 33 heavy (non-hydrogen) atoms. The Morgan fingerprint density at radius 1 is 1.06 bits per heavy atom. The highest BCUT2D eigenvalue weighted by molar-refractivity contribution is 7.99. The summed E-state index contributed by atoms with van der Waals surface area (Å²) in [6.45, 7) is 1.71. The van der Waals surface area contributed by atoms with E-state index in [9.17, 15) is 9.59 Å². The minimum atomic E-state index is -0.194. The Bertz CT molecular complexity index is 1100. The molecule has 1 saturated heterocycles. The molecule has 1 aliphatic heterocycles. The summed E-state index contributed by atoms with van der Waals surface area (Å²) >= 11 is 7.43. The summed E-state index contributed by atoms with van der Waals surface area (Å²) in [6.07, 6.45) is 1.27. The third kappa shape index (κ3) is 5.75. The number of benzene rings is 2. The number of halogens is 1. The van der Waals surface area contributed by atoms with Gasteiger partial charge in [-0.15, -0.1) is 10.2 Å². The summed E-state index contributed by atoms with van der Waals surface area (Å²) in [4.78, 5) is 26.4. The summed E-state index contributed by atoms with van der Waals surface area (Å²) < 4.78 is 6.85. The van der Waals surface area contributed by atoms with Crippen LogP contribution in [0.2, 0.25) is 5.02 Å². The standard InChI is InChI=1S/C24H25ClN4O3S/c1-32-23(31)19-11-13-28(14-12-19)21(30)16-33-24-27-26-22(18-7-9-20(25)10-8-18)29(24)15-17-5-3-2-4-6-17/h2-10,19H,11-16H2,1H3. The lowest BCUT2D eigenvalue weighted by Crippen LogP contribution is -2.41. The first-order valence-corrected chi connectivity index (χ1v) is 12.1. The third-order valence-corrected chi connectivity index (χ3v) is 6.91. The van der Waals surface area contributed by atoms with Crippen molar-refractivity contribution in [3.63, 3.8) is 0 Å². The number of esters is 1. The van der Waals surface area contributed by atoms with Gasteiger partial charge in [0.05, 0.1) is 25.3 Å². The van der Waals surface area contributed by atoms with Crippen LogP contribution in [-0.2, 0) is 20.9 Å². The van der Waals surface area contributed by atoms with Gasteiger partial charge in [0.25, 0.3) is 0 Å². The number of ether oxygens (including phenoxy) is 1. The lowest BCUT2D eigenvalue weighted by Gasteiger charge is -2.30. The van der Waals surface area contributed by atoms with Crippen LogP contribution in [0, 0.1) is 5.92 Å². The van der Waals surface area contributed by atoms with Gasteiger partial charge in [0, 0.05) is 23.7 Å². The molecule has 0 atom stereocenters.